The lowest BCUT2D eigenvalue weighted by molar-refractivity contribution is 1.07. The number of nitrogens with one attached hydrogen (secondary N) is 1. The molecule has 0 saturated heterocycles. The Morgan fingerprint density at radius 1 is 1.21 bits per heavy atom. The number of H-pyrrole nitrogens is 1. The van der Waals surface area contributed by atoms with Gasteiger partial charge in [-0.2, -0.15) is 10.1 Å². The van der Waals surface area contributed by atoms with Crippen LogP contribution < -0.4 is 0 Å². The number of nitrogens with zero attached hydrogens (tertiary/aromatic N) is 3. The summed E-state index contributed by atoms with van der Waals surface area (Å²) in [5.74, 6) is 0. The van der Waals surface area contributed by atoms with E-state index in [-0.39, 0.29) is 5.28 Å². The van der Waals surface area contributed by atoms with Gasteiger partial charge in [-0.25, -0.2) is 4.98 Å². The molecular weight excluding hydrogens is 280 g/mol. The number of fused-ring (bicyclic) bond motifs is 1. The van der Waals surface area contributed by atoms with Gasteiger partial charge in [-0.3, -0.25) is 5.10 Å². The van der Waals surface area contributed by atoms with Gasteiger partial charge in [0, 0.05) is 4.90 Å². The maximum Gasteiger partial charge on any atom is 0.225 e. The van der Waals surface area contributed by atoms with Gasteiger partial charge in [0.1, 0.15) is 5.03 Å². The van der Waals surface area contributed by atoms with Crippen LogP contribution >= 0.6 is 23.4 Å². The van der Waals surface area contributed by atoms with Gasteiger partial charge in [-0.15, -0.1) is 0 Å². The fourth-order valence-electron chi connectivity index (χ4n) is 1.88. The molecule has 0 fully saturated rings. The van der Waals surface area contributed by atoms with E-state index in [4.69, 9.17) is 11.6 Å². The third kappa shape index (κ3) is 2.43. The minimum atomic E-state index is 0.226. The van der Waals surface area contributed by atoms with E-state index in [9.17, 15) is 0 Å². The van der Waals surface area contributed by atoms with E-state index in [1.165, 1.54) is 11.1 Å². The van der Waals surface area contributed by atoms with Crippen LogP contribution in [0.3, 0.4) is 0 Å². The lowest BCUT2D eigenvalue weighted by atomic mass is 10.2. The number of hydrogen-bond donors (Lipinski definition) is 1. The molecule has 0 bridgehead atoms. The van der Waals surface area contributed by atoms with Gasteiger partial charge in [0.2, 0.25) is 5.28 Å². The summed E-state index contributed by atoms with van der Waals surface area (Å²) in [6.07, 6.45) is 1.72. The predicted octanol–water partition coefficient (Wildman–Crippen LogP) is 3.77. The van der Waals surface area contributed by atoms with Gasteiger partial charge in [0.15, 0.2) is 5.65 Å². The highest BCUT2D eigenvalue weighted by Gasteiger charge is 2.11. The Morgan fingerprint density at radius 3 is 2.84 bits per heavy atom. The van der Waals surface area contributed by atoms with Crippen molar-refractivity contribution in [1.29, 1.82) is 0 Å². The summed E-state index contributed by atoms with van der Waals surface area (Å²) < 4.78 is 0. The Kier molecular flexibility index (Phi) is 3.16. The first-order valence-corrected chi connectivity index (χ1v) is 6.94. The number of rotatable bonds is 2. The van der Waals surface area contributed by atoms with Gasteiger partial charge in [-0.1, -0.05) is 29.5 Å². The molecule has 0 radical (unpaired) electrons. The van der Waals surface area contributed by atoms with Crippen LogP contribution in [0.15, 0.2) is 34.3 Å². The van der Waals surface area contributed by atoms with Crippen molar-refractivity contribution in [3.63, 3.8) is 0 Å². The molecule has 2 heterocycles. The van der Waals surface area contributed by atoms with Crippen molar-refractivity contribution in [1.82, 2.24) is 20.2 Å². The van der Waals surface area contributed by atoms with Gasteiger partial charge >= 0.3 is 0 Å². The third-order valence-electron chi connectivity index (χ3n) is 2.78. The highest BCUT2D eigenvalue weighted by molar-refractivity contribution is 7.99. The minimum absolute atomic E-state index is 0.226. The maximum atomic E-state index is 5.93. The SMILES string of the molecule is Cc1ccc(Sc2nc(Cl)nc3[nH]ncc23)c(C)c1. The van der Waals surface area contributed by atoms with Crippen molar-refractivity contribution in [2.24, 2.45) is 0 Å². The molecule has 3 aromatic rings. The zero-order chi connectivity index (χ0) is 13.4. The molecule has 2 aromatic heterocycles. The number of aromatic nitrogens is 4. The van der Waals surface area contributed by atoms with E-state index in [1.807, 2.05) is 0 Å². The molecule has 0 aliphatic heterocycles. The fraction of sp³-hybridized carbons (Fsp3) is 0.154. The quantitative estimate of drug-likeness (QED) is 0.576. The molecule has 1 N–H and O–H groups in total. The lowest BCUT2D eigenvalue weighted by Gasteiger charge is -2.06. The summed E-state index contributed by atoms with van der Waals surface area (Å²) in [5.41, 5.74) is 3.12. The lowest BCUT2D eigenvalue weighted by Crippen LogP contribution is -1.89. The number of benzene rings is 1. The zero-order valence-electron chi connectivity index (χ0n) is 10.4. The molecule has 0 spiro atoms. The van der Waals surface area contributed by atoms with Crippen molar-refractivity contribution < 1.29 is 0 Å². The average molecular weight is 291 g/mol. The number of hydrogen-bond acceptors (Lipinski definition) is 4. The molecule has 1 aromatic carbocycles. The monoisotopic (exact) mass is 290 g/mol. The molecule has 0 saturated carbocycles. The van der Waals surface area contributed by atoms with E-state index >= 15 is 0 Å². The largest absolute Gasteiger partial charge is 0.261 e. The molecule has 0 atom stereocenters. The normalized spacial score (nSPS) is 11.1. The summed E-state index contributed by atoms with van der Waals surface area (Å²) in [7, 11) is 0. The Balaban J connectivity index is 2.07. The summed E-state index contributed by atoms with van der Waals surface area (Å²) in [4.78, 5) is 9.54. The maximum absolute atomic E-state index is 5.93. The van der Waals surface area contributed by atoms with Crippen LogP contribution in [0.5, 0.6) is 0 Å². The first kappa shape index (κ1) is 12.4. The number of aryl methyl sites for hydroxylation is 2. The molecule has 0 amide bonds. The van der Waals surface area contributed by atoms with Crippen molar-refractivity contribution in [3.8, 4) is 0 Å². The molecule has 96 valence electrons. The highest BCUT2D eigenvalue weighted by Crippen LogP contribution is 2.33. The van der Waals surface area contributed by atoms with E-state index in [0.717, 1.165) is 15.3 Å². The Bertz CT molecular complexity index is 753. The first-order chi connectivity index (χ1) is 9.13. The molecule has 6 heteroatoms. The van der Waals surface area contributed by atoms with Gasteiger partial charge < -0.3 is 0 Å². The highest BCUT2D eigenvalue weighted by atomic mass is 35.5. The van der Waals surface area contributed by atoms with E-state index in [0.29, 0.717) is 5.65 Å². The van der Waals surface area contributed by atoms with Gasteiger partial charge in [-0.05, 0) is 37.1 Å². The van der Waals surface area contributed by atoms with E-state index < -0.39 is 0 Å². The second-order valence-electron chi connectivity index (χ2n) is 4.30. The van der Waals surface area contributed by atoms with Crippen molar-refractivity contribution >= 4 is 34.4 Å². The summed E-state index contributed by atoms with van der Waals surface area (Å²) in [6.45, 7) is 4.17. The van der Waals surface area contributed by atoms with Crippen molar-refractivity contribution in [2.45, 2.75) is 23.8 Å². The molecule has 19 heavy (non-hydrogen) atoms. The number of halogens is 1. The van der Waals surface area contributed by atoms with Crippen molar-refractivity contribution in [3.05, 3.63) is 40.8 Å². The van der Waals surface area contributed by atoms with Crippen LogP contribution in [-0.2, 0) is 0 Å². The summed E-state index contributed by atoms with van der Waals surface area (Å²) in [5, 5.41) is 8.72. The zero-order valence-corrected chi connectivity index (χ0v) is 12.0. The minimum Gasteiger partial charge on any atom is -0.261 e. The smallest absolute Gasteiger partial charge is 0.225 e. The third-order valence-corrected chi connectivity index (χ3v) is 4.14. The topological polar surface area (TPSA) is 54.5 Å². The molecule has 3 rings (SSSR count). The van der Waals surface area contributed by atoms with Crippen LogP contribution in [0.1, 0.15) is 11.1 Å². The van der Waals surface area contributed by atoms with Crippen LogP contribution in [0.2, 0.25) is 5.28 Å². The van der Waals surface area contributed by atoms with E-state index in [2.05, 4.69) is 52.2 Å². The fourth-order valence-corrected chi connectivity index (χ4v) is 3.05. The van der Waals surface area contributed by atoms with Crippen LogP contribution in [0, 0.1) is 13.8 Å². The average Bonchev–Trinajstić information content (AvgIpc) is 2.80. The summed E-state index contributed by atoms with van der Waals surface area (Å²) in [6, 6.07) is 6.33. The predicted molar refractivity (Wildman–Crippen MR) is 76.7 cm³/mol. The Hall–Kier alpha value is -1.59. The van der Waals surface area contributed by atoms with Crippen LogP contribution in [0.4, 0.5) is 0 Å². The second-order valence-corrected chi connectivity index (χ2v) is 5.67. The molecule has 0 unspecified atom stereocenters. The van der Waals surface area contributed by atoms with Crippen LogP contribution in [-0.4, -0.2) is 20.2 Å². The van der Waals surface area contributed by atoms with Crippen molar-refractivity contribution in [2.75, 3.05) is 0 Å². The van der Waals surface area contributed by atoms with Gasteiger partial charge in [0.05, 0.1) is 11.6 Å². The number of aromatic amines is 1. The molecular formula is C13H11ClN4S. The second kappa shape index (κ2) is 4.83. The molecule has 0 aliphatic rings. The Labute approximate surface area is 119 Å². The van der Waals surface area contributed by atoms with Gasteiger partial charge in [0.25, 0.3) is 0 Å². The standard InChI is InChI=1S/C13H11ClN4S/c1-7-3-4-10(8(2)5-7)19-12-9-6-15-18-11(9)16-13(14)17-12/h3-6H,1-2H3,(H,15,16,17,18). The van der Waals surface area contributed by atoms with Crippen LogP contribution in [0.25, 0.3) is 11.0 Å². The molecule has 0 aliphatic carbocycles. The summed E-state index contributed by atoms with van der Waals surface area (Å²) >= 11 is 7.50. The molecule has 4 nitrogen and oxygen atoms in total. The van der Waals surface area contributed by atoms with E-state index in [1.54, 1.807) is 18.0 Å². The Morgan fingerprint density at radius 2 is 2.05 bits per heavy atom. The first-order valence-electron chi connectivity index (χ1n) is 5.75.